The lowest BCUT2D eigenvalue weighted by Crippen LogP contribution is -2.33. The maximum absolute atomic E-state index is 14.1. The average Bonchev–Trinajstić information content (AvgIpc) is 3.24. The molecule has 44 heavy (non-hydrogen) atoms. The summed E-state index contributed by atoms with van der Waals surface area (Å²) >= 11 is 0. The zero-order valence-electron chi connectivity index (χ0n) is 27.7. The van der Waals surface area contributed by atoms with E-state index in [-0.39, 0.29) is 11.9 Å². The summed E-state index contributed by atoms with van der Waals surface area (Å²) in [6.07, 6.45) is 3.06. The molecule has 1 aliphatic rings. The van der Waals surface area contributed by atoms with Crippen LogP contribution in [-0.2, 0) is 20.8 Å². The quantitative estimate of drug-likeness (QED) is 0.181. The minimum Gasteiger partial charge on any atom is -0.497 e. The number of hydrogen-bond donors (Lipinski definition) is 1. The van der Waals surface area contributed by atoms with Crippen LogP contribution in [0, 0.1) is 0 Å². The minimum absolute atomic E-state index is 0.0623. The van der Waals surface area contributed by atoms with Crippen molar-refractivity contribution in [1.82, 2.24) is 9.47 Å². The Morgan fingerprint density at radius 3 is 2.45 bits per heavy atom. The van der Waals surface area contributed by atoms with Crippen molar-refractivity contribution >= 4 is 28.4 Å². The molecule has 2 heterocycles. The molecule has 238 valence electrons. The number of aromatic nitrogens is 1. The molecule has 0 fully saturated rings. The number of esters is 1. The Morgan fingerprint density at radius 1 is 1.07 bits per heavy atom. The topological polar surface area (TPSA) is 96.0 Å². The van der Waals surface area contributed by atoms with Crippen LogP contribution in [-0.4, -0.2) is 67.4 Å². The first kappa shape index (κ1) is 33.3. The summed E-state index contributed by atoms with van der Waals surface area (Å²) in [6, 6.07) is 12.0. The lowest BCUT2D eigenvalue weighted by Gasteiger charge is -2.21. The number of nitrogens with two attached hydrogens (primary N) is 1. The summed E-state index contributed by atoms with van der Waals surface area (Å²) in [7, 11) is 3.47. The molecule has 1 amide bonds. The third kappa shape index (κ3) is 6.87. The number of allylic oxidation sites excluding steroid dienone is 1. The second-order valence-electron chi connectivity index (χ2n) is 12.6. The fraction of sp³-hybridized carbons (Fsp3) is 0.500. The van der Waals surface area contributed by atoms with E-state index >= 15 is 0 Å². The predicted molar refractivity (Wildman–Crippen MR) is 177 cm³/mol. The number of methoxy groups -OCH3 is 1. The number of fused-ring (bicyclic) bond motifs is 5. The number of ether oxygens (including phenoxy) is 3. The molecule has 1 aliphatic heterocycles. The second-order valence-corrected chi connectivity index (χ2v) is 12.6. The van der Waals surface area contributed by atoms with Gasteiger partial charge < -0.3 is 29.4 Å². The van der Waals surface area contributed by atoms with Crippen molar-refractivity contribution in [3.8, 4) is 17.0 Å². The SMILES string of the molecule is CCCC(CC)c1c2n(c3cc(C(=O)OC(C)(C)C)ccc13)CC(C(=O)N(C)CCOCCN)=C(C)c1cc(OC)ccc1-2. The molecule has 0 bridgehead atoms. The van der Waals surface area contributed by atoms with Gasteiger partial charge in [-0.3, -0.25) is 4.79 Å². The monoisotopic (exact) mass is 603 g/mol. The summed E-state index contributed by atoms with van der Waals surface area (Å²) < 4.78 is 19.2. The number of benzene rings is 2. The lowest BCUT2D eigenvalue weighted by atomic mass is 9.86. The van der Waals surface area contributed by atoms with Crippen LogP contribution >= 0.6 is 0 Å². The Hall–Kier alpha value is -3.62. The Labute approximate surface area is 262 Å². The first-order valence-electron chi connectivity index (χ1n) is 15.8. The van der Waals surface area contributed by atoms with Gasteiger partial charge in [0, 0.05) is 42.2 Å². The van der Waals surface area contributed by atoms with Crippen LogP contribution in [0.5, 0.6) is 5.75 Å². The van der Waals surface area contributed by atoms with E-state index in [1.54, 1.807) is 19.1 Å². The maximum atomic E-state index is 14.1. The molecule has 8 heteroatoms. The largest absolute Gasteiger partial charge is 0.497 e. The van der Waals surface area contributed by atoms with Gasteiger partial charge in [-0.1, -0.05) is 26.3 Å². The number of rotatable bonds is 12. The van der Waals surface area contributed by atoms with Gasteiger partial charge in [-0.25, -0.2) is 4.79 Å². The van der Waals surface area contributed by atoms with Gasteiger partial charge in [0.1, 0.15) is 11.4 Å². The van der Waals surface area contributed by atoms with Crippen LogP contribution in [0.4, 0.5) is 0 Å². The lowest BCUT2D eigenvalue weighted by molar-refractivity contribution is -0.126. The van der Waals surface area contributed by atoms with Gasteiger partial charge in [0.2, 0.25) is 0 Å². The van der Waals surface area contributed by atoms with E-state index in [1.807, 2.05) is 52.0 Å². The van der Waals surface area contributed by atoms with Crippen molar-refractivity contribution < 1.29 is 23.8 Å². The summed E-state index contributed by atoms with van der Waals surface area (Å²) in [5.41, 5.74) is 12.4. The first-order chi connectivity index (χ1) is 20.9. The van der Waals surface area contributed by atoms with Gasteiger partial charge in [0.25, 0.3) is 5.91 Å². The van der Waals surface area contributed by atoms with Gasteiger partial charge in [-0.15, -0.1) is 0 Å². The van der Waals surface area contributed by atoms with E-state index in [1.165, 1.54) is 5.56 Å². The van der Waals surface area contributed by atoms with Crippen molar-refractivity contribution in [3.05, 3.63) is 58.7 Å². The molecule has 0 saturated carbocycles. The molecule has 8 nitrogen and oxygen atoms in total. The zero-order chi connectivity index (χ0) is 32.2. The molecule has 0 spiro atoms. The number of nitrogens with zero attached hydrogens (tertiary/aromatic N) is 2. The van der Waals surface area contributed by atoms with Gasteiger partial charge >= 0.3 is 5.97 Å². The molecule has 0 radical (unpaired) electrons. The van der Waals surface area contributed by atoms with Crippen molar-refractivity contribution in [1.29, 1.82) is 0 Å². The fourth-order valence-electron chi connectivity index (χ4n) is 6.16. The van der Waals surface area contributed by atoms with Crippen LogP contribution in [0.2, 0.25) is 0 Å². The van der Waals surface area contributed by atoms with Crippen LogP contribution in [0.3, 0.4) is 0 Å². The molecule has 1 aromatic heterocycles. The molecule has 1 unspecified atom stereocenters. The standard InChI is InChI=1S/C36H49N3O5/c1-9-11-24(10-2)32-28-14-12-25(35(41)44-36(4,5)6)20-31(28)39-22-30(34(40)38(7)17-19-43-18-16-37)23(3)29-21-26(42-8)13-15-27(29)33(32)39/h12-15,20-21,24H,9-11,16-19,22,37H2,1-8H3. The molecular formula is C36H49N3O5. The van der Waals surface area contributed by atoms with E-state index in [0.717, 1.165) is 58.3 Å². The molecule has 4 rings (SSSR count). The van der Waals surface area contributed by atoms with E-state index in [2.05, 4.69) is 30.5 Å². The Morgan fingerprint density at radius 2 is 1.82 bits per heavy atom. The van der Waals surface area contributed by atoms with Crippen LogP contribution in [0.25, 0.3) is 27.7 Å². The van der Waals surface area contributed by atoms with E-state index in [4.69, 9.17) is 19.9 Å². The van der Waals surface area contributed by atoms with E-state index < -0.39 is 5.60 Å². The fourth-order valence-corrected chi connectivity index (χ4v) is 6.16. The highest BCUT2D eigenvalue weighted by Crippen LogP contribution is 2.47. The first-order valence-corrected chi connectivity index (χ1v) is 15.8. The number of likely N-dealkylation sites (N-methyl/N-ethyl adjacent to an activating group) is 1. The minimum atomic E-state index is -0.614. The maximum Gasteiger partial charge on any atom is 0.338 e. The third-order valence-corrected chi connectivity index (χ3v) is 8.37. The molecule has 3 aromatic rings. The highest BCUT2D eigenvalue weighted by molar-refractivity contribution is 6.06. The summed E-state index contributed by atoms with van der Waals surface area (Å²) in [5.74, 6) is 0.613. The van der Waals surface area contributed by atoms with Crippen molar-refractivity contribution in [3.63, 3.8) is 0 Å². The van der Waals surface area contributed by atoms with Crippen molar-refractivity contribution in [2.75, 3.05) is 40.5 Å². The number of amides is 1. The van der Waals surface area contributed by atoms with Crippen molar-refractivity contribution in [2.24, 2.45) is 5.73 Å². The summed E-state index contributed by atoms with van der Waals surface area (Å²) in [5, 5.41) is 1.10. The normalized spacial score (nSPS) is 13.8. The Balaban J connectivity index is 1.99. The molecule has 2 aromatic carbocycles. The molecule has 0 saturated heterocycles. The second kappa shape index (κ2) is 14.0. The van der Waals surface area contributed by atoms with Crippen LogP contribution < -0.4 is 10.5 Å². The number of hydrogen-bond acceptors (Lipinski definition) is 6. The molecule has 1 atom stereocenters. The molecule has 2 N–H and O–H groups in total. The smallest absolute Gasteiger partial charge is 0.338 e. The molecule has 0 aliphatic carbocycles. The number of carbonyl (C=O) groups excluding carboxylic acids is 2. The highest BCUT2D eigenvalue weighted by Gasteiger charge is 2.32. The van der Waals surface area contributed by atoms with Gasteiger partial charge in [0.05, 0.1) is 38.1 Å². The predicted octanol–water partition coefficient (Wildman–Crippen LogP) is 6.79. The average molecular weight is 604 g/mol. The summed E-state index contributed by atoms with van der Waals surface area (Å²) in [6.45, 7) is 14.2. The van der Waals surface area contributed by atoms with E-state index in [0.29, 0.717) is 49.9 Å². The van der Waals surface area contributed by atoms with Crippen LogP contribution in [0.15, 0.2) is 42.0 Å². The van der Waals surface area contributed by atoms with Crippen LogP contribution in [0.1, 0.15) is 88.2 Å². The van der Waals surface area contributed by atoms with Gasteiger partial charge in [0.15, 0.2) is 0 Å². The highest BCUT2D eigenvalue weighted by atomic mass is 16.6. The third-order valence-electron chi connectivity index (χ3n) is 8.37. The van der Waals surface area contributed by atoms with Gasteiger partial charge in [-0.2, -0.15) is 0 Å². The summed E-state index contributed by atoms with van der Waals surface area (Å²) in [4.78, 5) is 29.1. The van der Waals surface area contributed by atoms with Gasteiger partial charge in [-0.05, 0) is 93.5 Å². The van der Waals surface area contributed by atoms with Crippen molar-refractivity contribution in [2.45, 2.75) is 78.9 Å². The number of carbonyl (C=O) groups is 2. The van der Waals surface area contributed by atoms with E-state index in [9.17, 15) is 9.59 Å². The zero-order valence-corrected chi connectivity index (χ0v) is 27.7. The Kier molecular flexibility index (Phi) is 10.6. The molecular weight excluding hydrogens is 554 g/mol. The Bertz CT molecular complexity index is 1550.